The summed E-state index contributed by atoms with van der Waals surface area (Å²) < 4.78 is 43.1. The number of carbonyl (C=O) groups excluding carboxylic acids is 1. The molecule has 0 atom stereocenters. The highest BCUT2D eigenvalue weighted by atomic mass is 32.1. The smallest absolute Gasteiger partial charge is 0.324 e. The fourth-order valence-electron chi connectivity index (χ4n) is 3.21. The van der Waals surface area contributed by atoms with E-state index in [0.29, 0.717) is 37.6 Å². The Bertz CT molecular complexity index is 932. The Morgan fingerprint density at radius 2 is 1.77 bits per heavy atom. The van der Waals surface area contributed by atoms with Crippen molar-refractivity contribution in [3.05, 3.63) is 34.6 Å². The average molecular weight is 443 g/mol. The van der Waals surface area contributed by atoms with Gasteiger partial charge in [0.25, 0.3) is 0 Å². The maximum atomic E-state index is 13.1. The van der Waals surface area contributed by atoms with Crippen LogP contribution in [0.3, 0.4) is 0 Å². The number of benzene rings is 1. The van der Waals surface area contributed by atoms with E-state index >= 15 is 0 Å². The molecule has 0 saturated carbocycles. The van der Waals surface area contributed by atoms with Crippen LogP contribution in [-0.4, -0.2) is 68.2 Å². The molecule has 1 aromatic carbocycles. The van der Waals surface area contributed by atoms with Gasteiger partial charge in [-0.05, 0) is 48.6 Å². The third kappa shape index (κ3) is 5.43. The first-order valence-electron chi connectivity index (χ1n) is 9.58. The second-order valence-corrected chi connectivity index (χ2v) is 7.79. The minimum Gasteiger partial charge on any atom is -0.324 e. The van der Waals surface area contributed by atoms with Gasteiger partial charge >= 0.3 is 6.18 Å². The van der Waals surface area contributed by atoms with Crippen LogP contribution in [0.15, 0.2) is 24.3 Å². The number of hydrogen-bond acceptors (Lipinski definition) is 6. The normalized spacial score (nSPS) is 16.2. The molecule has 0 radical (unpaired) electrons. The van der Waals surface area contributed by atoms with E-state index in [1.54, 1.807) is 9.36 Å². The number of nitrogens with one attached hydrogen (secondary N) is 1. The standard InChI is InChI=1S/C18H24F3N7OS/c1-13(2)28-17(30)27(23-24-28)12-26-9-7-25(8-10-26)11-16(29)22-15-6-4-3-5-14(15)18(19,20)21/h3-6,13H,7-12H2,1-2H3,(H,22,29). The van der Waals surface area contributed by atoms with Crippen LogP contribution in [0, 0.1) is 4.77 Å². The van der Waals surface area contributed by atoms with Gasteiger partial charge in [-0.15, -0.1) is 0 Å². The quantitative estimate of drug-likeness (QED) is 0.693. The number of piperazine rings is 1. The number of tetrazole rings is 1. The van der Waals surface area contributed by atoms with Crippen molar-refractivity contribution in [1.82, 2.24) is 29.6 Å². The average Bonchev–Trinajstić information content (AvgIpc) is 3.03. The zero-order valence-corrected chi connectivity index (χ0v) is 17.6. The summed E-state index contributed by atoms with van der Waals surface area (Å²) in [5.41, 5.74) is -1.08. The van der Waals surface area contributed by atoms with Crippen LogP contribution >= 0.6 is 12.2 Å². The highest BCUT2D eigenvalue weighted by Gasteiger charge is 2.33. The number of hydrogen-bond donors (Lipinski definition) is 1. The second-order valence-electron chi connectivity index (χ2n) is 7.43. The molecule has 1 aliphatic heterocycles. The van der Waals surface area contributed by atoms with E-state index in [1.807, 2.05) is 18.7 Å². The van der Waals surface area contributed by atoms with Crippen LogP contribution in [0.2, 0.25) is 0 Å². The lowest BCUT2D eigenvalue weighted by molar-refractivity contribution is -0.137. The molecule has 1 N–H and O–H groups in total. The molecule has 2 aromatic rings. The molecule has 164 valence electrons. The molecule has 3 rings (SSSR count). The van der Waals surface area contributed by atoms with Crippen LogP contribution in [0.1, 0.15) is 25.5 Å². The van der Waals surface area contributed by atoms with Crippen molar-refractivity contribution in [2.24, 2.45) is 0 Å². The van der Waals surface area contributed by atoms with Gasteiger partial charge in [-0.3, -0.25) is 14.6 Å². The summed E-state index contributed by atoms with van der Waals surface area (Å²) in [6.07, 6.45) is -4.52. The molecular weight excluding hydrogens is 419 g/mol. The van der Waals surface area contributed by atoms with Crippen LogP contribution in [0.4, 0.5) is 18.9 Å². The predicted molar refractivity (Wildman–Crippen MR) is 107 cm³/mol. The van der Waals surface area contributed by atoms with Crippen molar-refractivity contribution >= 4 is 23.8 Å². The van der Waals surface area contributed by atoms with Crippen molar-refractivity contribution < 1.29 is 18.0 Å². The van der Waals surface area contributed by atoms with Gasteiger partial charge in [0.1, 0.15) is 0 Å². The summed E-state index contributed by atoms with van der Waals surface area (Å²) in [6, 6.07) is 5.10. The summed E-state index contributed by atoms with van der Waals surface area (Å²) in [6.45, 7) is 7.08. The summed E-state index contributed by atoms with van der Waals surface area (Å²) in [4.78, 5) is 16.3. The van der Waals surface area contributed by atoms with E-state index in [9.17, 15) is 18.0 Å². The number of aromatic nitrogens is 4. The molecule has 30 heavy (non-hydrogen) atoms. The van der Waals surface area contributed by atoms with Gasteiger partial charge in [-0.1, -0.05) is 12.1 Å². The van der Waals surface area contributed by atoms with E-state index in [4.69, 9.17) is 12.2 Å². The number of amides is 1. The lowest BCUT2D eigenvalue weighted by Gasteiger charge is -2.33. The summed E-state index contributed by atoms with van der Waals surface area (Å²) in [5.74, 6) is -0.470. The SMILES string of the molecule is CC(C)n1nnn(CN2CCN(CC(=O)Nc3ccccc3C(F)(F)F)CC2)c1=S. The van der Waals surface area contributed by atoms with Gasteiger partial charge in [0.05, 0.1) is 30.5 Å². The predicted octanol–water partition coefficient (Wildman–Crippen LogP) is 2.62. The maximum absolute atomic E-state index is 13.1. The molecular formula is C18H24F3N7OS. The fourth-order valence-corrected chi connectivity index (χ4v) is 3.55. The van der Waals surface area contributed by atoms with Crippen molar-refractivity contribution in [2.75, 3.05) is 38.0 Å². The van der Waals surface area contributed by atoms with Gasteiger partial charge in [-0.2, -0.15) is 13.2 Å². The van der Waals surface area contributed by atoms with Crippen molar-refractivity contribution in [1.29, 1.82) is 0 Å². The van der Waals surface area contributed by atoms with Gasteiger partial charge in [0.2, 0.25) is 10.7 Å². The molecule has 1 amide bonds. The first-order valence-corrected chi connectivity index (χ1v) is 9.99. The molecule has 8 nitrogen and oxygen atoms in total. The van der Waals surface area contributed by atoms with E-state index in [2.05, 4.69) is 20.6 Å². The molecule has 12 heteroatoms. The molecule has 0 spiro atoms. The third-order valence-electron chi connectivity index (χ3n) is 4.82. The highest BCUT2D eigenvalue weighted by Crippen LogP contribution is 2.34. The maximum Gasteiger partial charge on any atom is 0.418 e. The highest BCUT2D eigenvalue weighted by molar-refractivity contribution is 7.71. The largest absolute Gasteiger partial charge is 0.418 e. The molecule has 2 heterocycles. The number of anilines is 1. The number of rotatable bonds is 6. The Labute approximate surface area is 177 Å². The minimum absolute atomic E-state index is 0.0307. The van der Waals surface area contributed by atoms with Crippen LogP contribution < -0.4 is 5.32 Å². The number of halogens is 3. The molecule has 1 aromatic heterocycles. The first kappa shape index (κ1) is 22.4. The summed E-state index contributed by atoms with van der Waals surface area (Å²) >= 11 is 5.38. The fraction of sp³-hybridized carbons (Fsp3) is 0.556. The Balaban J connectivity index is 1.51. The van der Waals surface area contributed by atoms with Crippen LogP contribution in [-0.2, 0) is 17.6 Å². The molecule has 0 unspecified atom stereocenters. The number of nitrogens with zero attached hydrogens (tertiary/aromatic N) is 6. The van der Waals surface area contributed by atoms with E-state index in [-0.39, 0.29) is 18.3 Å². The van der Waals surface area contributed by atoms with Crippen molar-refractivity contribution in [3.8, 4) is 0 Å². The first-order chi connectivity index (χ1) is 14.1. The Hall–Kier alpha value is -2.31. The van der Waals surface area contributed by atoms with E-state index in [0.717, 1.165) is 6.07 Å². The monoisotopic (exact) mass is 443 g/mol. The molecule has 1 fully saturated rings. The van der Waals surface area contributed by atoms with Crippen molar-refractivity contribution in [3.63, 3.8) is 0 Å². The lowest BCUT2D eigenvalue weighted by Crippen LogP contribution is -2.49. The van der Waals surface area contributed by atoms with Crippen LogP contribution in [0.5, 0.6) is 0 Å². The molecule has 0 bridgehead atoms. The zero-order chi connectivity index (χ0) is 21.9. The molecule has 1 saturated heterocycles. The van der Waals surface area contributed by atoms with Gasteiger partial charge in [0.15, 0.2) is 0 Å². The summed E-state index contributed by atoms with van der Waals surface area (Å²) in [7, 11) is 0. The summed E-state index contributed by atoms with van der Waals surface area (Å²) in [5, 5.41) is 10.5. The lowest BCUT2D eigenvalue weighted by atomic mass is 10.1. The molecule has 1 aliphatic rings. The Morgan fingerprint density at radius 1 is 1.13 bits per heavy atom. The van der Waals surface area contributed by atoms with Gasteiger partial charge in [0, 0.05) is 26.2 Å². The van der Waals surface area contributed by atoms with Gasteiger partial charge in [-0.25, -0.2) is 9.36 Å². The topological polar surface area (TPSA) is 71.2 Å². The minimum atomic E-state index is -4.52. The van der Waals surface area contributed by atoms with Crippen molar-refractivity contribution in [2.45, 2.75) is 32.7 Å². The number of alkyl halides is 3. The number of para-hydroxylation sites is 1. The zero-order valence-electron chi connectivity index (χ0n) is 16.8. The van der Waals surface area contributed by atoms with E-state index in [1.165, 1.54) is 18.2 Å². The third-order valence-corrected chi connectivity index (χ3v) is 5.22. The Morgan fingerprint density at radius 3 is 2.37 bits per heavy atom. The Kier molecular flexibility index (Phi) is 6.88. The number of carbonyl (C=O) groups is 1. The van der Waals surface area contributed by atoms with Crippen LogP contribution in [0.25, 0.3) is 0 Å². The second kappa shape index (κ2) is 9.23. The molecule has 0 aliphatic carbocycles. The van der Waals surface area contributed by atoms with Gasteiger partial charge < -0.3 is 5.32 Å². The van der Waals surface area contributed by atoms with E-state index < -0.39 is 17.6 Å².